The number of benzene rings is 4. The van der Waals surface area contributed by atoms with Gasteiger partial charge in [0.1, 0.15) is 34.5 Å². The van der Waals surface area contributed by atoms with Gasteiger partial charge in [0.05, 0.1) is 0 Å². The van der Waals surface area contributed by atoms with E-state index in [-0.39, 0.29) is 0 Å². The van der Waals surface area contributed by atoms with Crippen LogP contribution in [-0.2, 0) is 0 Å². The number of rotatable bonds is 6. The van der Waals surface area contributed by atoms with Crippen molar-refractivity contribution in [1.82, 2.24) is 0 Å². The van der Waals surface area contributed by atoms with Crippen LogP contribution in [0.25, 0.3) is 0 Å². The van der Waals surface area contributed by atoms with Crippen LogP contribution >= 0.6 is 0 Å². The van der Waals surface area contributed by atoms with Crippen LogP contribution in [0.4, 0.5) is 0 Å². The fourth-order valence-corrected chi connectivity index (χ4v) is 2.76. The molecule has 0 heterocycles. The smallest absolute Gasteiger partial charge is 0.137 e. The zero-order valence-electron chi connectivity index (χ0n) is 15.5. The molecule has 0 atom stereocenters. The summed E-state index contributed by atoms with van der Waals surface area (Å²) in [4.78, 5) is 0. The molecule has 0 radical (unpaired) electrons. The summed E-state index contributed by atoms with van der Waals surface area (Å²) in [5.41, 5.74) is 0.896. The minimum atomic E-state index is 0.647. The SMILES string of the molecule is Cc1c(Oc2ccccc2)cc(Oc2ccccc2)cc1Oc1ccccc1. The number of hydrogen-bond acceptors (Lipinski definition) is 3. The maximum atomic E-state index is 6.11. The van der Waals surface area contributed by atoms with Crippen LogP contribution in [0, 0.1) is 6.92 Å². The van der Waals surface area contributed by atoms with Crippen molar-refractivity contribution in [1.29, 1.82) is 0 Å². The van der Waals surface area contributed by atoms with Crippen LogP contribution in [0.5, 0.6) is 34.5 Å². The Labute approximate surface area is 164 Å². The molecular weight excluding hydrogens is 348 g/mol. The maximum absolute atomic E-state index is 6.11. The molecule has 0 N–H and O–H groups in total. The second-order valence-electron chi connectivity index (χ2n) is 6.29. The first kappa shape index (κ1) is 17.7. The van der Waals surface area contributed by atoms with E-state index in [0.29, 0.717) is 17.2 Å². The summed E-state index contributed by atoms with van der Waals surface area (Å²) in [5.74, 6) is 4.29. The average molecular weight is 368 g/mol. The molecule has 0 bridgehead atoms. The molecule has 28 heavy (non-hydrogen) atoms. The van der Waals surface area contributed by atoms with Crippen LogP contribution in [0.15, 0.2) is 103 Å². The molecule has 3 heteroatoms. The highest BCUT2D eigenvalue weighted by atomic mass is 16.5. The topological polar surface area (TPSA) is 27.7 Å². The summed E-state index contributed by atoms with van der Waals surface area (Å²) < 4.78 is 18.2. The molecule has 4 rings (SSSR count). The highest BCUT2D eigenvalue weighted by molar-refractivity contribution is 5.53. The van der Waals surface area contributed by atoms with Crippen molar-refractivity contribution in [3.63, 3.8) is 0 Å². The standard InChI is InChI=1S/C25H20O3/c1-19-24(27-21-13-7-3-8-14-21)17-23(26-20-11-5-2-6-12-20)18-25(19)28-22-15-9-4-10-16-22/h2-18H,1H3. The maximum Gasteiger partial charge on any atom is 0.137 e. The average Bonchev–Trinajstić information content (AvgIpc) is 2.74. The van der Waals surface area contributed by atoms with E-state index in [9.17, 15) is 0 Å². The molecule has 0 aromatic heterocycles. The Kier molecular flexibility index (Phi) is 5.25. The van der Waals surface area contributed by atoms with Crippen molar-refractivity contribution in [2.45, 2.75) is 6.92 Å². The third kappa shape index (κ3) is 4.33. The second-order valence-corrected chi connectivity index (χ2v) is 6.29. The molecule has 3 nitrogen and oxygen atoms in total. The lowest BCUT2D eigenvalue weighted by Crippen LogP contribution is -1.94. The molecule has 0 spiro atoms. The van der Waals surface area contributed by atoms with Crippen molar-refractivity contribution < 1.29 is 14.2 Å². The lowest BCUT2D eigenvalue weighted by Gasteiger charge is -2.16. The van der Waals surface area contributed by atoms with Gasteiger partial charge < -0.3 is 14.2 Å². The van der Waals surface area contributed by atoms with Gasteiger partial charge in [0.2, 0.25) is 0 Å². The van der Waals surface area contributed by atoms with E-state index in [2.05, 4.69) is 0 Å². The predicted molar refractivity (Wildman–Crippen MR) is 111 cm³/mol. The molecule has 138 valence electrons. The van der Waals surface area contributed by atoms with Crippen LogP contribution in [0.3, 0.4) is 0 Å². The largest absolute Gasteiger partial charge is 0.457 e. The van der Waals surface area contributed by atoms with E-state index in [0.717, 1.165) is 22.8 Å². The van der Waals surface area contributed by atoms with Gasteiger partial charge in [-0.15, -0.1) is 0 Å². The minimum absolute atomic E-state index is 0.647. The summed E-state index contributed by atoms with van der Waals surface area (Å²) in [6.45, 7) is 1.98. The van der Waals surface area contributed by atoms with Gasteiger partial charge in [-0.2, -0.15) is 0 Å². The Hall–Kier alpha value is -3.72. The number of ether oxygens (including phenoxy) is 3. The number of hydrogen-bond donors (Lipinski definition) is 0. The van der Waals surface area contributed by atoms with E-state index >= 15 is 0 Å². The summed E-state index contributed by atoms with van der Waals surface area (Å²) >= 11 is 0. The third-order valence-electron chi connectivity index (χ3n) is 4.21. The highest BCUT2D eigenvalue weighted by Gasteiger charge is 2.13. The molecule has 0 fully saturated rings. The zero-order chi connectivity index (χ0) is 19.2. The molecule has 0 saturated carbocycles. The lowest BCUT2D eigenvalue weighted by molar-refractivity contribution is 0.435. The molecule has 0 aliphatic rings. The molecule has 0 aliphatic carbocycles. The van der Waals surface area contributed by atoms with E-state index in [1.54, 1.807) is 0 Å². The molecule has 0 amide bonds. The Morgan fingerprint density at radius 3 is 1.18 bits per heavy atom. The quantitative estimate of drug-likeness (QED) is 0.355. The summed E-state index contributed by atoms with van der Waals surface area (Å²) in [6.07, 6.45) is 0. The minimum Gasteiger partial charge on any atom is -0.457 e. The summed E-state index contributed by atoms with van der Waals surface area (Å²) in [7, 11) is 0. The zero-order valence-corrected chi connectivity index (χ0v) is 15.5. The molecule has 0 unspecified atom stereocenters. The predicted octanol–water partition coefficient (Wildman–Crippen LogP) is 7.37. The molecule has 4 aromatic carbocycles. The monoisotopic (exact) mass is 368 g/mol. The van der Waals surface area contributed by atoms with E-state index in [1.807, 2.05) is 110 Å². The van der Waals surface area contributed by atoms with Gasteiger partial charge in [-0.3, -0.25) is 0 Å². The Bertz CT molecular complexity index is 967. The van der Waals surface area contributed by atoms with Gasteiger partial charge in [-0.05, 0) is 43.3 Å². The van der Waals surface area contributed by atoms with Crippen LogP contribution in [0.1, 0.15) is 5.56 Å². The lowest BCUT2D eigenvalue weighted by atomic mass is 10.2. The Morgan fingerprint density at radius 1 is 0.429 bits per heavy atom. The molecule has 0 saturated heterocycles. The first-order valence-electron chi connectivity index (χ1n) is 9.11. The van der Waals surface area contributed by atoms with E-state index < -0.39 is 0 Å². The van der Waals surface area contributed by atoms with Gasteiger partial charge in [-0.1, -0.05) is 54.6 Å². The van der Waals surface area contributed by atoms with Crippen LogP contribution in [0.2, 0.25) is 0 Å². The number of para-hydroxylation sites is 3. The van der Waals surface area contributed by atoms with Gasteiger partial charge in [0, 0.05) is 17.7 Å². The molecule has 0 aliphatic heterocycles. The first-order chi connectivity index (χ1) is 13.8. The molecular formula is C25H20O3. The second kappa shape index (κ2) is 8.31. The third-order valence-corrected chi connectivity index (χ3v) is 4.21. The van der Waals surface area contributed by atoms with Crippen LogP contribution in [-0.4, -0.2) is 0 Å². The van der Waals surface area contributed by atoms with Crippen molar-refractivity contribution in [3.8, 4) is 34.5 Å². The highest BCUT2D eigenvalue weighted by Crippen LogP contribution is 2.39. The normalized spacial score (nSPS) is 10.3. The van der Waals surface area contributed by atoms with Gasteiger partial charge >= 0.3 is 0 Å². The Balaban J connectivity index is 1.71. The van der Waals surface area contributed by atoms with Crippen molar-refractivity contribution >= 4 is 0 Å². The first-order valence-corrected chi connectivity index (χ1v) is 9.11. The fourth-order valence-electron chi connectivity index (χ4n) is 2.76. The van der Waals surface area contributed by atoms with E-state index in [4.69, 9.17) is 14.2 Å². The van der Waals surface area contributed by atoms with Crippen molar-refractivity contribution in [2.75, 3.05) is 0 Å². The van der Waals surface area contributed by atoms with Gasteiger partial charge in [0.15, 0.2) is 0 Å². The van der Waals surface area contributed by atoms with E-state index in [1.165, 1.54) is 0 Å². The van der Waals surface area contributed by atoms with Gasteiger partial charge in [0.25, 0.3) is 0 Å². The van der Waals surface area contributed by atoms with Crippen LogP contribution < -0.4 is 14.2 Å². The van der Waals surface area contributed by atoms with Gasteiger partial charge in [-0.25, -0.2) is 0 Å². The Morgan fingerprint density at radius 2 is 0.786 bits per heavy atom. The van der Waals surface area contributed by atoms with Crippen molar-refractivity contribution in [2.24, 2.45) is 0 Å². The molecule has 4 aromatic rings. The summed E-state index contributed by atoms with van der Waals surface area (Å²) in [6, 6.07) is 32.8. The van der Waals surface area contributed by atoms with Crippen molar-refractivity contribution in [3.05, 3.63) is 109 Å². The fraction of sp³-hybridized carbons (Fsp3) is 0.0400. The summed E-state index contributed by atoms with van der Waals surface area (Å²) in [5, 5.41) is 0.